The smallest absolute Gasteiger partial charge is 0.232 e. The van der Waals surface area contributed by atoms with Crippen LogP contribution >= 0.6 is 23.2 Å². The molecule has 2 aromatic carbocycles. The standard InChI is InChI=1S/C21H22Cl2N2O2S/c1-28(26,27)25-15-21(19-13-18(23)8-9-20(19)25)10-12-24(14-21)11-2-3-16-4-6-17(22)7-5-16/h2-9,13H,10-12,14-15H2,1H3. The molecule has 0 N–H and O–H groups in total. The maximum atomic E-state index is 12.3. The SMILES string of the molecule is CS(=O)(=O)N1CC2(CCN(CC=Cc3ccc(Cl)cc3)C2)c2cc(Cl)ccc21. The van der Waals surface area contributed by atoms with Gasteiger partial charge in [-0.25, -0.2) is 8.42 Å². The number of nitrogens with zero attached hydrogens (tertiary/aromatic N) is 2. The van der Waals surface area contributed by atoms with Crippen molar-refractivity contribution in [1.82, 2.24) is 4.90 Å². The molecule has 1 saturated heterocycles. The maximum Gasteiger partial charge on any atom is 0.232 e. The summed E-state index contributed by atoms with van der Waals surface area (Å²) in [5.41, 5.74) is 2.73. The minimum atomic E-state index is -3.32. The van der Waals surface area contributed by atoms with E-state index >= 15 is 0 Å². The summed E-state index contributed by atoms with van der Waals surface area (Å²) >= 11 is 12.2. The molecule has 0 radical (unpaired) electrons. The number of hydrogen-bond donors (Lipinski definition) is 0. The number of benzene rings is 2. The van der Waals surface area contributed by atoms with Crippen molar-refractivity contribution < 1.29 is 8.42 Å². The monoisotopic (exact) mass is 436 g/mol. The van der Waals surface area contributed by atoms with Crippen molar-refractivity contribution >= 4 is 45.0 Å². The fourth-order valence-electron chi connectivity index (χ4n) is 4.27. The van der Waals surface area contributed by atoms with Gasteiger partial charge in [0.1, 0.15) is 0 Å². The molecule has 148 valence electrons. The Kier molecular flexibility index (Phi) is 5.21. The first kappa shape index (κ1) is 19.8. The van der Waals surface area contributed by atoms with E-state index in [1.807, 2.05) is 36.4 Å². The third-order valence-corrected chi connectivity index (χ3v) is 7.24. The molecule has 2 aliphatic heterocycles. The fourth-order valence-corrected chi connectivity index (χ4v) is 5.56. The van der Waals surface area contributed by atoms with Gasteiger partial charge < -0.3 is 0 Å². The van der Waals surface area contributed by atoms with Crippen molar-refractivity contribution in [2.75, 3.05) is 36.7 Å². The fraction of sp³-hybridized carbons (Fsp3) is 0.333. The van der Waals surface area contributed by atoms with Gasteiger partial charge in [-0.3, -0.25) is 9.21 Å². The molecule has 1 fully saturated rings. The van der Waals surface area contributed by atoms with Crippen LogP contribution in [0.3, 0.4) is 0 Å². The van der Waals surface area contributed by atoms with Crippen LogP contribution in [0.15, 0.2) is 48.5 Å². The summed E-state index contributed by atoms with van der Waals surface area (Å²) in [5.74, 6) is 0. The van der Waals surface area contributed by atoms with Crippen molar-refractivity contribution in [1.29, 1.82) is 0 Å². The number of hydrogen-bond acceptors (Lipinski definition) is 3. The second kappa shape index (κ2) is 7.38. The van der Waals surface area contributed by atoms with E-state index in [0.717, 1.165) is 47.9 Å². The summed E-state index contributed by atoms with van der Waals surface area (Å²) < 4.78 is 26.2. The molecule has 0 aliphatic carbocycles. The molecule has 28 heavy (non-hydrogen) atoms. The minimum Gasteiger partial charge on any atom is -0.299 e. The average Bonchev–Trinajstić information content (AvgIpc) is 3.19. The summed E-state index contributed by atoms with van der Waals surface area (Å²) in [5, 5.41) is 1.38. The number of sulfonamides is 1. The third-order valence-electron chi connectivity index (χ3n) is 5.62. The lowest BCUT2D eigenvalue weighted by atomic mass is 9.82. The molecule has 2 heterocycles. The Balaban J connectivity index is 1.52. The Hall–Kier alpha value is -1.53. The molecular weight excluding hydrogens is 415 g/mol. The Morgan fingerprint density at radius 2 is 1.79 bits per heavy atom. The molecular formula is C21H22Cl2N2O2S. The quantitative estimate of drug-likeness (QED) is 0.711. The Morgan fingerprint density at radius 3 is 2.50 bits per heavy atom. The highest BCUT2D eigenvalue weighted by Crippen LogP contribution is 2.48. The van der Waals surface area contributed by atoms with Gasteiger partial charge in [0.2, 0.25) is 10.0 Å². The van der Waals surface area contributed by atoms with Crippen LogP contribution in [0.1, 0.15) is 17.5 Å². The van der Waals surface area contributed by atoms with Gasteiger partial charge in [-0.2, -0.15) is 0 Å². The number of anilines is 1. The van der Waals surface area contributed by atoms with Gasteiger partial charge in [-0.15, -0.1) is 0 Å². The van der Waals surface area contributed by atoms with Crippen LogP contribution in [0.4, 0.5) is 5.69 Å². The lowest BCUT2D eigenvalue weighted by molar-refractivity contribution is 0.347. The van der Waals surface area contributed by atoms with Gasteiger partial charge in [0.05, 0.1) is 11.9 Å². The molecule has 0 amide bonds. The molecule has 1 spiro atoms. The molecule has 0 aromatic heterocycles. The molecule has 4 rings (SSSR count). The zero-order chi connectivity index (χ0) is 19.9. The van der Waals surface area contributed by atoms with Crippen LogP contribution in [-0.2, 0) is 15.4 Å². The predicted octanol–water partition coefficient (Wildman–Crippen LogP) is 4.43. The summed E-state index contributed by atoms with van der Waals surface area (Å²) in [6, 6.07) is 13.3. The number of halogens is 2. The first-order chi connectivity index (χ1) is 13.3. The van der Waals surface area contributed by atoms with Gasteiger partial charge in [-0.1, -0.05) is 47.5 Å². The average molecular weight is 437 g/mol. The molecule has 2 aliphatic rings. The number of rotatable bonds is 4. The first-order valence-electron chi connectivity index (χ1n) is 9.19. The minimum absolute atomic E-state index is 0.197. The van der Waals surface area contributed by atoms with E-state index in [1.54, 1.807) is 6.07 Å². The van der Waals surface area contributed by atoms with Crippen molar-refractivity contribution in [3.8, 4) is 0 Å². The normalized spacial score (nSPS) is 22.5. The van der Waals surface area contributed by atoms with E-state index in [0.29, 0.717) is 11.6 Å². The van der Waals surface area contributed by atoms with Gasteiger partial charge in [-0.05, 0) is 54.4 Å². The van der Waals surface area contributed by atoms with E-state index in [2.05, 4.69) is 17.1 Å². The van der Waals surface area contributed by atoms with E-state index < -0.39 is 10.0 Å². The largest absolute Gasteiger partial charge is 0.299 e. The zero-order valence-electron chi connectivity index (χ0n) is 15.6. The third kappa shape index (κ3) is 3.81. The van der Waals surface area contributed by atoms with Gasteiger partial charge in [0, 0.05) is 35.1 Å². The Morgan fingerprint density at radius 1 is 1.07 bits per heavy atom. The summed E-state index contributed by atoms with van der Waals surface area (Å²) in [7, 11) is -3.32. The molecule has 0 saturated carbocycles. The molecule has 2 aromatic rings. The van der Waals surface area contributed by atoms with Crippen molar-refractivity contribution in [2.45, 2.75) is 11.8 Å². The Labute approximate surface area is 176 Å². The van der Waals surface area contributed by atoms with Crippen molar-refractivity contribution in [2.24, 2.45) is 0 Å². The summed E-state index contributed by atoms with van der Waals surface area (Å²) in [6.45, 7) is 3.05. The van der Waals surface area contributed by atoms with E-state index in [1.165, 1.54) is 10.6 Å². The van der Waals surface area contributed by atoms with Crippen LogP contribution in [0.2, 0.25) is 10.0 Å². The maximum absolute atomic E-state index is 12.3. The van der Waals surface area contributed by atoms with Crippen LogP contribution in [0, 0.1) is 0 Å². The van der Waals surface area contributed by atoms with Gasteiger partial charge in [0.15, 0.2) is 0 Å². The highest BCUT2D eigenvalue weighted by Gasteiger charge is 2.49. The molecule has 1 unspecified atom stereocenters. The van der Waals surface area contributed by atoms with Crippen LogP contribution in [0.5, 0.6) is 0 Å². The predicted molar refractivity (Wildman–Crippen MR) is 117 cm³/mol. The number of likely N-dealkylation sites (tertiary alicyclic amines) is 1. The second-order valence-electron chi connectivity index (χ2n) is 7.65. The second-order valence-corrected chi connectivity index (χ2v) is 10.4. The highest BCUT2D eigenvalue weighted by molar-refractivity contribution is 7.92. The lowest BCUT2D eigenvalue weighted by Crippen LogP contribution is -2.38. The summed E-state index contributed by atoms with van der Waals surface area (Å²) in [4.78, 5) is 2.36. The van der Waals surface area contributed by atoms with Crippen molar-refractivity contribution in [3.05, 3.63) is 69.7 Å². The first-order valence-corrected chi connectivity index (χ1v) is 11.8. The molecule has 7 heteroatoms. The number of fused-ring (bicyclic) bond motifs is 2. The van der Waals surface area contributed by atoms with Crippen LogP contribution < -0.4 is 4.31 Å². The zero-order valence-corrected chi connectivity index (χ0v) is 17.9. The molecule has 4 nitrogen and oxygen atoms in total. The van der Waals surface area contributed by atoms with E-state index in [4.69, 9.17) is 23.2 Å². The highest BCUT2D eigenvalue weighted by atomic mass is 35.5. The van der Waals surface area contributed by atoms with Crippen molar-refractivity contribution in [3.63, 3.8) is 0 Å². The van der Waals surface area contributed by atoms with Gasteiger partial charge >= 0.3 is 0 Å². The summed E-state index contributed by atoms with van der Waals surface area (Å²) in [6.07, 6.45) is 6.42. The molecule has 0 bridgehead atoms. The van der Waals surface area contributed by atoms with Gasteiger partial charge in [0.25, 0.3) is 0 Å². The van der Waals surface area contributed by atoms with Crippen LogP contribution in [0.25, 0.3) is 6.08 Å². The topological polar surface area (TPSA) is 40.6 Å². The lowest BCUT2D eigenvalue weighted by Gasteiger charge is -2.25. The Bertz CT molecular complexity index is 1020. The van der Waals surface area contributed by atoms with E-state index in [-0.39, 0.29) is 5.41 Å². The molecule has 1 atom stereocenters. The van der Waals surface area contributed by atoms with Crippen LogP contribution in [-0.4, -0.2) is 45.8 Å². The van der Waals surface area contributed by atoms with E-state index in [9.17, 15) is 8.42 Å².